The first-order chi connectivity index (χ1) is 6.86. The number of aryl methyl sites for hydroxylation is 1. The van der Waals surface area contributed by atoms with Gasteiger partial charge in [0.1, 0.15) is 0 Å². The number of hydrogen-bond donors (Lipinski definition) is 1. The first kappa shape index (κ1) is 8.01. The molecule has 3 rings (SSSR count). The number of aliphatic hydroxyl groups is 1. The van der Waals surface area contributed by atoms with Crippen LogP contribution in [0.4, 0.5) is 0 Å². The van der Waals surface area contributed by atoms with Crippen LogP contribution in [0, 0.1) is 0 Å². The van der Waals surface area contributed by atoms with E-state index in [1.54, 1.807) is 0 Å². The second kappa shape index (κ2) is 2.82. The number of fused-ring (bicyclic) bond motifs is 3. The van der Waals surface area contributed by atoms with E-state index in [9.17, 15) is 5.11 Å². The Kier molecular flexibility index (Phi) is 1.62. The fraction of sp³-hybridized carbons (Fsp3) is 0.231. The highest BCUT2D eigenvalue weighted by atomic mass is 16.3. The van der Waals surface area contributed by atoms with Crippen molar-refractivity contribution in [3.63, 3.8) is 0 Å². The van der Waals surface area contributed by atoms with E-state index in [1.807, 2.05) is 12.1 Å². The summed E-state index contributed by atoms with van der Waals surface area (Å²) in [5.41, 5.74) is 2.47. The lowest BCUT2D eigenvalue weighted by Crippen LogP contribution is -1.91. The van der Waals surface area contributed by atoms with Crippen molar-refractivity contribution >= 4 is 10.8 Å². The van der Waals surface area contributed by atoms with Crippen LogP contribution in [0.5, 0.6) is 0 Å². The molecule has 2 aromatic rings. The van der Waals surface area contributed by atoms with Crippen molar-refractivity contribution in [2.24, 2.45) is 0 Å². The normalized spacial score (nSPS) is 19.9. The molecule has 0 amide bonds. The summed E-state index contributed by atoms with van der Waals surface area (Å²) in [6.45, 7) is 0. The number of aliphatic hydroxyl groups excluding tert-OH is 1. The van der Waals surface area contributed by atoms with Crippen molar-refractivity contribution in [1.82, 2.24) is 0 Å². The van der Waals surface area contributed by atoms with Crippen molar-refractivity contribution < 1.29 is 5.11 Å². The quantitative estimate of drug-likeness (QED) is 0.667. The van der Waals surface area contributed by atoms with Crippen LogP contribution in [0.25, 0.3) is 10.8 Å². The molecule has 1 aliphatic carbocycles. The monoisotopic (exact) mass is 184 g/mol. The molecule has 1 unspecified atom stereocenters. The van der Waals surface area contributed by atoms with Crippen LogP contribution in [0.3, 0.4) is 0 Å². The van der Waals surface area contributed by atoms with E-state index < -0.39 is 0 Å². The van der Waals surface area contributed by atoms with Gasteiger partial charge in [-0.3, -0.25) is 0 Å². The molecule has 0 saturated heterocycles. The maximum atomic E-state index is 9.88. The van der Waals surface area contributed by atoms with Gasteiger partial charge in [0.15, 0.2) is 0 Å². The zero-order valence-corrected chi connectivity index (χ0v) is 7.90. The van der Waals surface area contributed by atoms with Crippen LogP contribution >= 0.6 is 0 Å². The van der Waals surface area contributed by atoms with E-state index in [1.165, 1.54) is 16.3 Å². The lowest BCUT2D eigenvalue weighted by Gasteiger charge is -2.08. The molecule has 0 spiro atoms. The molecule has 1 atom stereocenters. The standard InChI is InChI=1S/C13H12O/c14-12-8-7-10-6-5-9-3-1-2-4-11(9)13(10)12/h1-6,12,14H,7-8H2. The van der Waals surface area contributed by atoms with Gasteiger partial charge in [-0.25, -0.2) is 0 Å². The van der Waals surface area contributed by atoms with Gasteiger partial charge in [0.25, 0.3) is 0 Å². The first-order valence-electron chi connectivity index (χ1n) is 5.05. The highest BCUT2D eigenvalue weighted by Crippen LogP contribution is 2.36. The largest absolute Gasteiger partial charge is 0.388 e. The lowest BCUT2D eigenvalue weighted by atomic mass is 10.0. The molecule has 1 aliphatic rings. The predicted octanol–water partition coefficient (Wildman–Crippen LogP) is 2.82. The maximum Gasteiger partial charge on any atom is 0.0801 e. The smallest absolute Gasteiger partial charge is 0.0801 e. The molecular formula is C13H12O. The van der Waals surface area contributed by atoms with Gasteiger partial charge in [0, 0.05) is 0 Å². The summed E-state index contributed by atoms with van der Waals surface area (Å²) in [6.07, 6.45) is 1.64. The molecule has 0 radical (unpaired) electrons. The number of rotatable bonds is 0. The van der Waals surface area contributed by atoms with Crippen molar-refractivity contribution in [2.45, 2.75) is 18.9 Å². The van der Waals surface area contributed by atoms with E-state index in [-0.39, 0.29) is 6.10 Å². The van der Waals surface area contributed by atoms with Crippen molar-refractivity contribution in [3.05, 3.63) is 47.5 Å². The fourth-order valence-corrected chi connectivity index (χ4v) is 2.39. The minimum Gasteiger partial charge on any atom is -0.388 e. The van der Waals surface area contributed by atoms with E-state index in [0.717, 1.165) is 18.4 Å². The highest BCUT2D eigenvalue weighted by molar-refractivity contribution is 5.87. The Morgan fingerprint density at radius 3 is 2.86 bits per heavy atom. The number of hydrogen-bond acceptors (Lipinski definition) is 1. The van der Waals surface area contributed by atoms with E-state index in [2.05, 4.69) is 24.3 Å². The first-order valence-corrected chi connectivity index (χ1v) is 5.05. The highest BCUT2D eigenvalue weighted by Gasteiger charge is 2.21. The third kappa shape index (κ3) is 0.992. The Bertz CT molecular complexity index is 488. The number of benzene rings is 2. The Morgan fingerprint density at radius 1 is 1.07 bits per heavy atom. The molecule has 70 valence electrons. The summed E-state index contributed by atoms with van der Waals surface area (Å²) in [4.78, 5) is 0. The zero-order chi connectivity index (χ0) is 9.54. The predicted molar refractivity (Wildman–Crippen MR) is 57.2 cm³/mol. The van der Waals surface area contributed by atoms with Gasteiger partial charge in [-0.1, -0.05) is 36.4 Å². The third-order valence-corrected chi connectivity index (χ3v) is 3.08. The Labute approximate surface area is 83.0 Å². The maximum absolute atomic E-state index is 9.88. The second-order valence-corrected chi connectivity index (χ2v) is 3.91. The van der Waals surface area contributed by atoms with Gasteiger partial charge in [-0.05, 0) is 34.7 Å². The molecule has 1 N–H and O–H groups in total. The summed E-state index contributed by atoms with van der Waals surface area (Å²) < 4.78 is 0. The van der Waals surface area contributed by atoms with Gasteiger partial charge in [0.2, 0.25) is 0 Å². The van der Waals surface area contributed by atoms with Crippen LogP contribution in [-0.2, 0) is 6.42 Å². The van der Waals surface area contributed by atoms with Crippen molar-refractivity contribution in [3.8, 4) is 0 Å². The van der Waals surface area contributed by atoms with E-state index in [0.29, 0.717) is 0 Å². The van der Waals surface area contributed by atoms with Crippen LogP contribution in [0.1, 0.15) is 23.7 Å². The summed E-state index contributed by atoms with van der Waals surface area (Å²) >= 11 is 0. The van der Waals surface area contributed by atoms with Crippen LogP contribution < -0.4 is 0 Å². The summed E-state index contributed by atoms with van der Waals surface area (Å²) in [5, 5.41) is 12.3. The molecule has 0 aliphatic heterocycles. The molecule has 1 heteroatoms. The second-order valence-electron chi connectivity index (χ2n) is 3.91. The molecule has 0 heterocycles. The van der Waals surface area contributed by atoms with Gasteiger partial charge < -0.3 is 5.11 Å². The molecule has 0 bridgehead atoms. The van der Waals surface area contributed by atoms with Crippen molar-refractivity contribution in [2.75, 3.05) is 0 Å². The summed E-state index contributed by atoms with van der Waals surface area (Å²) in [6, 6.07) is 12.6. The Morgan fingerprint density at radius 2 is 1.93 bits per heavy atom. The van der Waals surface area contributed by atoms with Gasteiger partial charge in [-0.2, -0.15) is 0 Å². The lowest BCUT2D eigenvalue weighted by molar-refractivity contribution is 0.181. The van der Waals surface area contributed by atoms with Gasteiger partial charge >= 0.3 is 0 Å². The van der Waals surface area contributed by atoms with Crippen LogP contribution in [0.2, 0.25) is 0 Å². The average molecular weight is 184 g/mol. The third-order valence-electron chi connectivity index (χ3n) is 3.08. The van der Waals surface area contributed by atoms with Crippen molar-refractivity contribution in [1.29, 1.82) is 0 Å². The Hall–Kier alpha value is -1.34. The van der Waals surface area contributed by atoms with E-state index >= 15 is 0 Å². The molecule has 0 saturated carbocycles. The summed E-state index contributed by atoms with van der Waals surface area (Å²) in [5.74, 6) is 0. The van der Waals surface area contributed by atoms with Gasteiger partial charge in [0.05, 0.1) is 6.10 Å². The molecule has 1 nitrogen and oxygen atoms in total. The fourth-order valence-electron chi connectivity index (χ4n) is 2.39. The summed E-state index contributed by atoms with van der Waals surface area (Å²) in [7, 11) is 0. The van der Waals surface area contributed by atoms with Gasteiger partial charge in [-0.15, -0.1) is 0 Å². The molecule has 0 aromatic heterocycles. The molecule has 14 heavy (non-hydrogen) atoms. The topological polar surface area (TPSA) is 20.2 Å². The minimum absolute atomic E-state index is 0.254. The average Bonchev–Trinajstić information content (AvgIpc) is 2.61. The molecule has 2 aromatic carbocycles. The Balaban J connectivity index is 2.41. The molecule has 0 fully saturated rings. The van der Waals surface area contributed by atoms with Crippen LogP contribution in [0.15, 0.2) is 36.4 Å². The SMILES string of the molecule is OC1CCc2ccc3ccccc3c21. The van der Waals surface area contributed by atoms with Crippen LogP contribution in [-0.4, -0.2) is 5.11 Å². The van der Waals surface area contributed by atoms with E-state index in [4.69, 9.17) is 0 Å². The molecular weight excluding hydrogens is 172 g/mol. The zero-order valence-electron chi connectivity index (χ0n) is 7.90. The minimum atomic E-state index is -0.254.